The minimum atomic E-state index is -0.345. The standard InChI is InChI=1S/C25H17FN4O/c26-19-8-4-7-17(11-19)20-9-10-27-15-23(20)30-25(31)22-14-29-24-21(22)12-18(13-28-24)16-5-2-1-3-6-16/h1-15H,(H,28,29)(H,30,31). The highest BCUT2D eigenvalue weighted by Gasteiger charge is 2.16. The number of hydrogen-bond donors (Lipinski definition) is 2. The van der Waals surface area contributed by atoms with E-state index in [9.17, 15) is 9.18 Å². The number of fused-ring (bicyclic) bond motifs is 1. The Bertz CT molecular complexity index is 1400. The molecule has 5 aromatic rings. The molecule has 3 heterocycles. The van der Waals surface area contributed by atoms with Gasteiger partial charge in [-0.05, 0) is 35.4 Å². The first-order chi connectivity index (χ1) is 15.2. The molecule has 0 aliphatic carbocycles. The number of H-pyrrole nitrogens is 1. The summed E-state index contributed by atoms with van der Waals surface area (Å²) in [6.07, 6.45) is 6.58. The summed E-state index contributed by atoms with van der Waals surface area (Å²) < 4.78 is 13.7. The Morgan fingerprint density at radius 1 is 0.903 bits per heavy atom. The SMILES string of the molecule is O=C(Nc1cnccc1-c1cccc(F)c1)c1c[nH]c2ncc(-c3ccccc3)cc12. The zero-order valence-electron chi connectivity index (χ0n) is 16.3. The fourth-order valence-corrected chi connectivity index (χ4v) is 3.57. The Morgan fingerprint density at radius 2 is 1.74 bits per heavy atom. The van der Waals surface area contributed by atoms with E-state index in [1.165, 1.54) is 12.1 Å². The third kappa shape index (κ3) is 3.67. The lowest BCUT2D eigenvalue weighted by Gasteiger charge is -2.11. The van der Waals surface area contributed by atoms with Crippen molar-refractivity contribution in [1.82, 2.24) is 15.0 Å². The largest absolute Gasteiger partial charge is 0.345 e. The van der Waals surface area contributed by atoms with Crippen LogP contribution in [0.1, 0.15) is 10.4 Å². The van der Waals surface area contributed by atoms with Gasteiger partial charge >= 0.3 is 0 Å². The van der Waals surface area contributed by atoms with E-state index in [0.29, 0.717) is 28.0 Å². The first-order valence-corrected chi connectivity index (χ1v) is 9.73. The van der Waals surface area contributed by atoms with Crippen LogP contribution in [0, 0.1) is 5.82 Å². The molecule has 2 aromatic carbocycles. The number of carbonyl (C=O) groups is 1. The molecular formula is C25H17FN4O. The molecule has 3 aromatic heterocycles. The molecule has 0 fully saturated rings. The summed E-state index contributed by atoms with van der Waals surface area (Å²) >= 11 is 0. The quantitative estimate of drug-likeness (QED) is 0.402. The van der Waals surface area contributed by atoms with Gasteiger partial charge in [-0.25, -0.2) is 9.37 Å². The number of carbonyl (C=O) groups excluding carboxylic acids is 1. The molecule has 6 heteroatoms. The van der Waals surface area contributed by atoms with Gasteiger partial charge in [-0.2, -0.15) is 0 Å². The van der Waals surface area contributed by atoms with Crippen molar-refractivity contribution in [3.63, 3.8) is 0 Å². The second-order valence-electron chi connectivity index (χ2n) is 7.07. The number of pyridine rings is 2. The first-order valence-electron chi connectivity index (χ1n) is 9.73. The second-order valence-corrected chi connectivity index (χ2v) is 7.07. The molecular weight excluding hydrogens is 391 g/mol. The number of anilines is 1. The summed E-state index contributed by atoms with van der Waals surface area (Å²) in [7, 11) is 0. The van der Waals surface area contributed by atoms with Crippen LogP contribution in [0.3, 0.4) is 0 Å². The average molecular weight is 408 g/mol. The maximum absolute atomic E-state index is 13.7. The number of nitrogens with zero attached hydrogens (tertiary/aromatic N) is 2. The second kappa shape index (κ2) is 7.84. The first kappa shape index (κ1) is 18.7. The Morgan fingerprint density at radius 3 is 2.58 bits per heavy atom. The Balaban J connectivity index is 1.51. The number of aromatic nitrogens is 3. The van der Waals surface area contributed by atoms with Gasteiger partial charge in [-0.3, -0.25) is 9.78 Å². The number of hydrogen-bond acceptors (Lipinski definition) is 3. The van der Waals surface area contributed by atoms with Crippen molar-refractivity contribution in [2.24, 2.45) is 0 Å². The number of nitrogens with one attached hydrogen (secondary N) is 2. The van der Waals surface area contributed by atoms with Gasteiger partial charge in [0.25, 0.3) is 5.91 Å². The Hall–Kier alpha value is -4.32. The van der Waals surface area contributed by atoms with E-state index < -0.39 is 0 Å². The highest BCUT2D eigenvalue weighted by atomic mass is 19.1. The molecule has 150 valence electrons. The molecule has 31 heavy (non-hydrogen) atoms. The average Bonchev–Trinajstić information content (AvgIpc) is 3.23. The zero-order valence-corrected chi connectivity index (χ0v) is 16.3. The van der Waals surface area contributed by atoms with Gasteiger partial charge < -0.3 is 10.3 Å². The normalized spacial score (nSPS) is 10.9. The highest BCUT2D eigenvalue weighted by molar-refractivity contribution is 6.13. The maximum Gasteiger partial charge on any atom is 0.257 e. The number of benzene rings is 2. The molecule has 2 N–H and O–H groups in total. The van der Waals surface area contributed by atoms with Gasteiger partial charge in [0.05, 0.1) is 17.4 Å². The molecule has 1 amide bonds. The molecule has 0 bridgehead atoms. The summed E-state index contributed by atoms with van der Waals surface area (Å²) in [6.45, 7) is 0. The lowest BCUT2D eigenvalue weighted by atomic mass is 10.0. The van der Waals surface area contributed by atoms with Crippen LogP contribution < -0.4 is 5.32 Å². The van der Waals surface area contributed by atoms with E-state index in [1.807, 2.05) is 36.4 Å². The Kier molecular flexibility index (Phi) is 4.72. The van der Waals surface area contributed by atoms with Crippen molar-refractivity contribution in [3.05, 3.63) is 103 Å². The van der Waals surface area contributed by atoms with Crippen molar-refractivity contribution in [2.45, 2.75) is 0 Å². The van der Waals surface area contributed by atoms with Gasteiger partial charge in [-0.15, -0.1) is 0 Å². The molecule has 5 nitrogen and oxygen atoms in total. The third-order valence-electron chi connectivity index (χ3n) is 5.09. The Labute approximate surface area is 177 Å². The van der Waals surface area contributed by atoms with Gasteiger partial charge in [-0.1, -0.05) is 42.5 Å². The summed E-state index contributed by atoms with van der Waals surface area (Å²) in [5.74, 6) is -0.647. The number of aromatic amines is 1. The highest BCUT2D eigenvalue weighted by Crippen LogP contribution is 2.29. The molecule has 0 spiro atoms. The molecule has 0 aliphatic heterocycles. The van der Waals surface area contributed by atoms with Crippen molar-refractivity contribution < 1.29 is 9.18 Å². The fraction of sp³-hybridized carbons (Fsp3) is 0. The van der Waals surface area contributed by atoms with Crippen molar-refractivity contribution in [2.75, 3.05) is 5.32 Å². The van der Waals surface area contributed by atoms with Gasteiger partial charge in [0, 0.05) is 35.1 Å². The molecule has 0 saturated carbocycles. The lowest BCUT2D eigenvalue weighted by molar-refractivity contribution is 0.102. The van der Waals surface area contributed by atoms with Crippen LogP contribution in [0.5, 0.6) is 0 Å². The predicted octanol–water partition coefficient (Wildman–Crippen LogP) is 5.68. The van der Waals surface area contributed by atoms with E-state index in [-0.39, 0.29) is 11.7 Å². The molecule has 0 aliphatic rings. The van der Waals surface area contributed by atoms with Crippen LogP contribution >= 0.6 is 0 Å². The molecule has 0 saturated heterocycles. The van der Waals surface area contributed by atoms with E-state index in [2.05, 4.69) is 20.3 Å². The summed E-state index contributed by atoms with van der Waals surface area (Å²) in [4.78, 5) is 24.7. The van der Waals surface area contributed by atoms with Crippen LogP contribution in [0.15, 0.2) is 91.5 Å². The minimum absolute atomic E-state index is 0.302. The van der Waals surface area contributed by atoms with Gasteiger partial charge in [0.15, 0.2) is 0 Å². The van der Waals surface area contributed by atoms with E-state index in [4.69, 9.17) is 0 Å². The van der Waals surface area contributed by atoms with E-state index >= 15 is 0 Å². The summed E-state index contributed by atoms with van der Waals surface area (Å²) in [5, 5.41) is 3.63. The fourth-order valence-electron chi connectivity index (χ4n) is 3.57. The lowest BCUT2D eigenvalue weighted by Crippen LogP contribution is -2.12. The summed E-state index contributed by atoms with van der Waals surface area (Å²) in [6, 6.07) is 19.8. The van der Waals surface area contributed by atoms with E-state index in [0.717, 1.165) is 16.5 Å². The number of amides is 1. The van der Waals surface area contributed by atoms with Crippen molar-refractivity contribution in [1.29, 1.82) is 0 Å². The van der Waals surface area contributed by atoms with Crippen LogP contribution in [-0.2, 0) is 0 Å². The zero-order chi connectivity index (χ0) is 21.2. The van der Waals surface area contributed by atoms with Crippen molar-refractivity contribution >= 4 is 22.6 Å². The number of rotatable bonds is 4. The number of halogens is 1. The van der Waals surface area contributed by atoms with Gasteiger partial charge in [0.2, 0.25) is 0 Å². The molecule has 0 unspecified atom stereocenters. The molecule has 0 atom stereocenters. The van der Waals surface area contributed by atoms with Crippen LogP contribution in [-0.4, -0.2) is 20.9 Å². The molecule has 5 rings (SSSR count). The van der Waals surface area contributed by atoms with Crippen LogP contribution in [0.4, 0.5) is 10.1 Å². The van der Waals surface area contributed by atoms with Gasteiger partial charge in [0.1, 0.15) is 11.5 Å². The smallest absolute Gasteiger partial charge is 0.257 e. The third-order valence-corrected chi connectivity index (χ3v) is 5.09. The van der Waals surface area contributed by atoms with Crippen molar-refractivity contribution in [3.8, 4) is 22.3 Å². The van der Waals surface area contributed by atoms with Crippen LogP contribution in [0.2, 0.25) is 0 Å². The van der Waals surface area contributed by atoms with E-state index in [1.54, 1.807) is 43.0 Å². The topological polar surface area (TPSA) is 70.7 Å². The maximum atomic E-state index is 13.7. The minimum Gasteiger partial charge on any atom is -0.345 e. The monoisotopic (exact) mass is 408 g/mol. The molecule has 0 radical (unpaired) electrons. The predicted molar refractivity (Wildman–Crippen MR) is 119 cm³/mol. The summed E-state index contributed by atoms with van der Waals surface area (Å²) in [5.41, 5.74) is 4.87. The van der Waals surface area contributed by atoms with Crippen LogP contribution in [0.25, 0.3) is 33.3 Å².